The van der Waals surface area contributed by atoms with Crippen molar-refractivity contribution in [3.8, 4) is 0 Å². The van der Waals surface area contributed by atoms with Gasteiger partial charge in [0.05, 0.1) is 0 Å². The van der Waals surface area contributed by atoms with E-state index < -0.39 is 0 Å². The third kappa shape index (κ3) is 3.94. The molecule has 1 aromatic rings. The zero-order valence-electron chi connectivity index (χ0n) is 10.1. The van der Waals surface area contributed by atoms with Gasteiger partial charge in [-0.05, 0) is 46.5 Å². The highest BCUT2D eigenvalue weighted by atomic mass is 79.9. The Hall–Kier alpha value is -0.370. The minimum atomic E-state index is 0.130. The summed E-state index contributed by atoms with van der Waals surface area (Å²) in [5.74, 6) is 0. The number of unbranched alkanes of at least 4 members (excludes halogenated alkanes) is 1. The Morgan fingerprint density at radius 1 is 1.27 bits per heavy atom. The summed E-state index contributed by atoms with van der Waals surface area (Å²) in [5, 5.41) is 0. The van der Waals surface area contributed by atoms with Gasteiger partial charge in [0.1, 0.15) is 4.60 Å². The van der Waals surface area contributed by atoms with Gasteiger partial charge in [0.25, 0.3) is 0 Å². The van der Waals surface area contributed by atoms with Gasteiger partial charge >= 0.3 is 0 Å². The number of aromatic nitrogens is 1. The topological polar surface area (TPSA) is 12.9 Å². The molecule has 1 heterocycles. The van der Waals surface area contributed by atoms with E-state index in [2.05, 4.69) is 60.7 Å². The van der Waals surface area contributed by atoms with Crippen LogP contribution < -0.4 is 0 Å². The zero-order valence-corrected chi connectivity index (χ0v) is 11.7. The average molecular weight is 270 g/mol. The van der Waals surface area contributed by atoms with Crippen LogP contribution in [-0.2, 0) is 11.8 Å². The summed E-state index contributed by atoms with van der Waals surface area (Å²) in [4.78, 5) is 4.53. The number of rotatable bonds is 3. The highest BCUT2D eigenvalue weighted by molar-refractivity contribution is 9.10. The molecule has 2 heteroatoms. The molecular weight excluding hydrogens is 250 g/mol. The maximum atomic E-state index is 4.53. The fourth-order valence-corrected chi connectivity index (χ4v) is 1.94. The van der Waals surface area contributed by atoms with Crippen molar-refractivity contribution in [3.63, 3.8) is 0 Å². The van der Waals surface area contributed by atoms with Gasteiger partial charge in [-0.1, -0.05) is 34.1 Å². The standard InChI is InChI=1S/C13H20BrN/c1-5-6-7-10-8-11(13(2,3)4)15-12(14)9-10/h8-9H,5-7H2,1-4H3. The second-order valence-corrected chi connectivity index (χ2v) is 5.85. The van der Waals surface area contributed by atoms with Crippen LogP contribution in [0.15, 0.2) is 16.7 Å². The number of aryl methyl sites for hydroxylation is 1. The van der Waals surface area contributed by atoms with Crippen LogP contribution in [0.2, 0.25) is 0 Å². The fourth-order valence-electron chi connectivity index (χ4n) is 1.46. The van der Waals surface area contributed by atoms with Crippen molar-refractivity contribution in [1.82, 2.24) is 4.98 Å². The molecule has 0 unspecified atom stereocenters. The Morgan fingerprint density at radius 3 is 2.47 bits per heavy atom. The molecule has 0 aliphatic heterocycles. The van der Waals surface area contributed by atoms with Gasteiger partial charge < -0.3 is 0 Å². The van der Waals surface area contributed by atoms with Crippen molar-refractivity contribution in [1.29, 1.82) is 0 Å². The lowest BCUT2D eigenvalue weighted by Gasteiger charge is -2.19. The van der Waals surface area contributed by atoms with Gasteiger partial charge in [-0.3, -0.25) is 0 Å². The summed E-state index contributed by atoms with van der Waals surface area (Å²) in [6.07, 6.45) is 3.64. The monoisotopic (exact) mass is 269 g/mol. The third-order valence-electron chi connectivity index (χ3n) is 2.44. The molecule has 0 fully saturated rings. The maximum absolute atomic E-state index is 4.53. The smallest absolute Gasteiger partial charge is 0.106 e. The van der Waals surface area contributed by atoms with Gasteiger partial charge in [-0.2, -0.15) is 0 Å². The molecule has 0 amide bonds. The number of halogens is 1. The summed E-state index contributed by atoms with van der Waals surface area (Å²) in [6.45, 7) is 8.82. The number of hydrogen-bond acceptors (Lipinski definition) is 1. The number of pyridine rings is 1. The van der Waals surface area contributed by atoms with Crippen LogP contribution in [0.1, 0.15) is 51.8 Å². The van der Waals surface area contributed by atoms with Crippen LogP contribution in [0.4, 0.5) is 0 Å². The Morgan fingerprint density at radius 2 is 1.93 bits per heavy atom. The lowest BCUT2D eigenvalue weighted by atomic mass is 9.90. The van der Waals surface area contributed by atoms with Crippen LogP contribution >= 0.6 is 15.9 Å². The third-order valence-corrected chi connectivity index (χ3v) is 2.85. The van der Waals surface area contributed by atoms with E-state index in [0.717, 1.165) is 11.0 Å². The van der Waals surface area contributed by atoms with Gasteiger partial charge in [0.2, 0.25) is 0 Å². The summed E-state index contributed by atoms with van der Waals surface area (Å²) in [7, 11) is 0. The Bertz CT molecular complexity index is 326. The molecule has 0 bridgehead atoms. The van der Waals surface area contributed by atoms with Crippen molar-refractivity contribution in [3.05, 3.63) is 28.0 Å². The van der Waals surface area contributed by atoms with Gasteiger partial charge in [0.15, 0.2) is 0 Å². The predicted molar refractivity (Wildman–Crippen MR) is 69.2 cm³/mol. The van der Waals surface area contributed by atoms with Gasteiger partial charge in [0, 0.05) is 11.1 Å². The van der Waals surface area contributed by atoms with Gasteiger partial charge in [-0.25, -0.2) is 4.98 Å². The molecule has 84 valence electrons. The Labute approximate surface area is 101 Å². The van der Waals surface area contributed by atoms with Crippen molar-refractivity contribution in [2.45, 2.75) is 52.4 Å². The largest absolute Gasteiger partial charge is 0.245 e. The Kier molecular flexibility index (Phi) is 4.32. The van der Waals surface area contributed by atoms with Crippen LogP contribution in [0.3, 0.4) is 0 Å². The van der Waals surface area contributed by atoms with E-state index in [1.807, 2.05) is 0 Å². The van der Waals surface area contributed by atoms with Crippen LogP contribution in [0.25, 0.3) is 0 Å². The summed E-state index contributed by atoms with van der Waals surface area (Å²) < 4.78 is 0.959. The highest BCUT2D eigenvalue weighted by Crippen LogP contribution is 2.24. The molecule has 0 aromatic carbocycles. The molecule has 0 radical (unpaired) electrons. The number of hydrogen-bond donors (Lipinski definition) is 0. The van der Waals surface area contributed by atoms with E-state index in [1.165, 1.54) is 24.1 Å². The molecule has 0 aliphatic rings. The fraction of sp³-hybridized carbons (Fsp3) is 0.615. The molecule has 1 aromatic heterocycles. The lowest BCUT2D eigenvalue weighted by molar-refractivity contribution is 0.566. The minimum absolute atomic E-state index is 0.130. The van der Waals surface area contributed by atoms with E-state index in [9.17, 15) is 0 Å². The van der Waals surface area contributed by atoms with Crippen molar-refractivity contribution >= 4 is 15.9 Å². The predicted octanol–water partition coefficient (Wildman–Crippen LogP) is 4.48. The Balaban J connectivity index is 2.95. The first-order valence-electron chi connectivity index (χ1n) is 5.60. The molecule has 1 rings (SSSR count). The van der Waals surface area contributed by atoms with Crippen LogP contribution in [-0.4, -0.2) is 4.98 Å². The van der Waals surface area contributed by atoms with Crippen molar-refractivity contribution < 1.29 is 0 Å². The molecular formula is C13H20BrN. The molecule has 0 saturated carbocycles. The zero-order chi connectivity index (χ0) is 11.5. The first-order chi connectivity index (χ1) is 6.93. The SMILES string of the molecule is CCCCc1cc(Br)nc(C(C)(C)C)c1. The minimum Gasteiger partial charge on any atom is -0.245 e. The average Bonchev–Trinajstić information content (AvgIpc) is 2.12. The molecule has 0 N–H and O–H groups in total. The number of nitrogens with zero attached hydrogens (tertiary/aromatic N) is 1. The van der Waals surface area contributed by atoms with Crippen LogP contribution in [0, 0.1) is 0 Å². The van der Waals surface area contributed by atoms with E-state index in [-0.39, 0.29) is 5.41 Å². The summed E-state index contributed by atoms with van der Waals surface area (Å²) >= 11 is 3.49. The maximum Gasteiger partial charge on any atom is 0.106 e. The van der Waals surface area contributed by atoms with Crippen LogP contribution in [0.5, 0.6) is 0 Å². The molecule has 0 aliphatic carbocycles. The lowest BCUT2D eigenvalue weighted by Crippen LogP contribution is -2.14. The quantitative estimate of drug-likeness (QED) is 0.738. The first kappa shape index (κ1) is 12.7. The molecule has 0 spiro atoms. The van der Waals surface area contributed by atoms with E-state index in [4.69, 9.17) is 0 Å². The molecule has 0 saturated heterocycles. The molecule has 0 atom stereocenters. The van der Waals surface area contributed by atoms with Crippen molar-refractivity contribution in [2.24, 2.45) is 0 Å². The van der Waals surface area contributed by atoms with E-state index >= 15 is 0 Å². The normalized spacial score (nSPS) is 11.8. The second kappa shape index (κ2) is 5.11. The van der Waals surface area contributed by atoms with Gasteiger partial charge in [-0.15, -0.1) is 0 Å². The molecule has 15 heavy (non-hydrogen) atoms. The summed E-state index contributed by atoms with van der Waals surface area (Å²) in [5.41, 5.74) is 2.69. The molecule has 1 nitrogen and oxygen atoms in total. The first-order valence-corrected chi connectivity index (χ1v) is 6.39. The summed E-state index contributed by atoms with van der Waals surface area (Å²) in [6, 6.07) is 4.37. The van der Waals surface area contributed by atoms with E-state index in [1.54, 1.807) is 0 Å². The second-order valence-electron chi connectivity index (χ2n) is 5.04. The van der Waals surface area contributed by atoms with Crippen molar-refractivity contribution in [2.75, 3.05) is 0 Å². The van der Waals surface area contributed by atoms with E-state index in [0.29, 0.717) is 0 Å². The highest BCUT2D eigenvalue weighted by Gasteiger charge is 2.16.